The van der Waals surface area contributed by atoms with Crippen molar-refractivity contribution in [3.05, 3.63) is 4.91 Å². The molecule has 1 rings (SSSR count). The number of esters is 1. The summed E-state index contributed by atoms with van der Waals surface area (Å²) in [6.45, 7) is 11.3. The van der Waals surface area contributed by atoms with Gasteiger partial charge in [-0.2, -0.15) is 5.10 Å². The van der Waals surface area contributed by atoms with Gasteiger partial charge in [-0.3, -0.25) is 0 Å². The molecule has 1 heterocycles. The summed E-state index contributed by atoms with van der Waals surface area (Å²) in [7, 11) is 0. The van der Waals surface area contributed by atoms with Gasteiger partial charge in [0.1, 0.15) is 5.60 Å². The number of ether oxygens (including phenoxy) is 1. The van der Waals surface area contributed by atoms with Crippen molar-refractivity contribution in [3.63, 3.8) is 0 Å². The van der Waals surface area contributed by atoms with Crippen LogP contribution in [0.1, 0.15) is 48.0 Å². The Bertz CT molecular complexity index is 377. The van der Waals surface area contributed by atoms with Crippen LogP contribution in [0.5, 0.6) is 0 Å². The second-order valence-electron chi connectivity index (χ2n) is 6.45. The molecule has 1 aliphatic rings. The molecule has 0 aromatic rings. The SMILES string of the molecule is CC(C)(C)OC(=O)C1CC(C(C)(C)C)=NN1N=O. The van der Waals surface area contributed by atoms with Gasteiger partial charge in [0.05, 0.1) is 5.29 Å². The molecule has 0 bridgehead atoms. The lowest BCUT2D eigenvalue weighted by molar-refractivity contribution is -0.160. The molecule has 1 unspecified atom stereocenters. The molecule has 1 atom stereocenters. The molecule has 6 heteroatoms. The van der Waals surface area contributed by atoms with Crippen LogP contribution in [0.15, 0.2) is 10.4 Å². The fraction of sp³-hybridized carbons (Fsp3) is 0.833. The molecule has 0 aromatic heterocycles. The second kappa shape index (κ2) is 4.66. The highest BCUT2D eigenvalue weighted by Gasteiger charge is 2.40. The first-order valence-electron chi connectivity index (χ1n) is 5.98. The molecule has 0 fully saturated rings. The number of nitroso groups, excluding NO2 is 1. The largest absolute Gasteiger partial charge is 0.458 e. The zero-order valence-electron chi connectivity index (χ0n) is 11.9. The van der Waals surface area contributed by atoms with Crippen molar-refractivity contribution in [1.82, 2.24) is 5.12 Å². The molecule has 0 aromatic carbocycles. The van der Waals surface area contributed by atoms with Crippen LogP contribution in [0.25, 0.3) is 0 Å². The Morgan fingerprint density at radius 3 is 2.28 bits per heavy atom. The topological polar surface area (TPSA) is 71.3 Å². The average Bonchev–Trinajstić information content (AvgIpc) is 2.57. The van der Waals surface area contributed by atoms with Gasteiger partial charge in [-0.15, -0.1) is 10.0 Å². The van der Waals surface area contributed by atoms with E-state index in [1.807, 2.05) is 20.8 Å². The van der Waals surface area contributed by atoms with E-state index < -0.39 is 17.6 Å². The summed E-state index contributed by atoms with van der Waals surface area (Å²) in [6.07, 6.45) is 0.379. The maximum Gasteiger partial charge on any atom is 0.333 e. The zero-order chi connectivity index (χ0) is 14.1. The summed E-state index contributed by atoms with van der Waals surface area (Å²) in [5.41, 5.74) is -0.00603. The third-order valence-electron chi connectivity index (χ3n) is 2.52. The Hall–Kier alpha value is -1.46. The highest BCUT2D eigenvalue weighted by molar-refractivity contribution is 5.95. The van der Waals surface area contributed by atoms with Crippen molar-refractivity contribution >= 4 is 11.7 Å². The van der Waals surface area contributed by atoms with Crippen LogP contribution >= 0.6 is 0 Å². The van der Waals surface area contributed by atoms with Crippen LogP contribution in [0.3, 0.4) is 0 Å². The van der Waals surface area contributed by atoms with Gasteiger partial charge < -0.3 is 4.74 Å². The van der Waals surface area contributed by atoms with Gasteiger partial charge in [-0.05, 0) is 20.8 Å². The van der Waals surface area contributed by atoms with Gasteiger partial charge in [0, 0.05) is 17.5 Å². The number of nitrogens with zero attached hydrogens (tertiary/aromatic N) is 3. The number of rotatable bonds is 2. The van der Waals surface area contributed by atoms with Gasteiger partial charge in [0.15, 0.2) is 6.04 Å². The summed E-state index contributed by atoms with van der Waals surface area (Å²) in [6, 6.07) is -0.740. The van der Waals surface area contributed by atoms with E-state index in [0.717, 1.165) is 10.8 Å². The first-order chi connectivity index (χ1) is 8.04. The smallest absolute Gasteiger partial charge is 0.333 e. The molecule has 1 aliphatic heterocycles. The van der Waals surface area contributed by atoms with E-state index in [1.54, 1.807) is 20.8 Å². The van der Waals surface area contributed by atoms with Crippen molar-refractivity contribution in [3.8, 4) is 0 Å². The molecular weight excluding hydrogens is 234 g/mol. The minimum atomic E-state index is -0.740. The molecule has 0 saturated heterocycles. The van der Waals surface area contributed by atoms with E-state index in [2.05, 4.69) is 10.4 Å². The minimum absolute atomic E-state index is 0.195. The predicted octanol–water partition coefficient (Wildman–Crippen LogP) is 2.49. The first-order valence-corrected chi connectivity index (χ1v) is 5.98. The van der Waals surface area contributed by atoms with E-state index in [-0.39, 0.29) is 5.41 Å². The summed E-state index contributed by atoms with van der Waals surface area (Å²) >= 11 is 0. The quantitative estimate of drug-likeness (QED) is 0.561. The molecule has 18 heavy (non-hydrogen) atoms. The minimum Gasteiger partial charge on any atom is -0.458 e. The van der Waals surface area contributed by atoms with E-state index in [9.17, 15) is 9.70 Å². The Morgan fingerprint density at radius 1 is 1.33 bits per heavy atom. The van der Waals surface area contributed by atoms with Gasteiger partial charge in [0.25, 0.3) is 0 Å². The zero-order valence-corrected chi connectivity index (χ0v) is 11.9. The number of carbonyl (C=O) groups is 1. The number of hydrogen-bond acceptors (Lipinski definition) is 5. The van der Waals surface area contributed by atoms with E-state index in [1.165, 1.54) is 0 Å². The standard InChI is InChI=1S/C12H21N3O3/c1-11(2,3)9-7-8(15(13-9)14-17)10(16)18-12(4,5)6/h8H,7H2,1-6H3. The summed E-state index contributed by atoms with van der Waals surface area (Å²) in [5, 5.41) is 7.77. The molecule has 0 saturated carbocycles. The second-order valence-corrected chi connectivity index (χ2v) is 6.45. The van der Waals surface area contributed by atoms with Crippen molar-refractivity contribution in [2.24, 2.45) is 15.8 Å². The third-order valence-corrected chi connectivity index (χ3v) is 2.52. The fourth-order valence-electron chi connectivity index (χ4n) is 1.58. The molecule has 0 radical (unpaired) electrons. The van der Waals surface area contributed by atoms with Gasteiger partial charge in [-0.1, -0.05) is 20.8 Å². The van der Waals surface area contributed by atoms with E-state index >= 15 is 0 Å². The summed E-state index contributed by atoms with van der Waals surface area (Å²) in [5.74, 6) is -0.467. The molecule has 0 amide bonds. The molecular formula is C12H21N3O3. The van der Waals surface area contributed by atoms with Crippen LogP contribution in [0.4, 0.5) is 0 Å². The van der Waals surface area contributed by atoms with Crippen LogP contribution in [-0.2, 0) is 9.53 Å². The predicted molar refractivity (Wildman–Crippen MR) is 68.8 cm³/mol. The maximum atomic E-state index is 12.0. The molecule has 0 aliphatic carbocycles. The lowest BCUT2D eigenvalue weighted by Gasteiger charge is -2.23. The van der Waals surface area contributed by atoms with Crippen molar-refractivity contribution in [2.75, 3.05) is 0 Å². The lowest BCUT2D eigenvalue weighted by Crippen LogP contribution is -2.37. The number of hydrazone groups is 1. The van der Waals surface area contributed by atoms with Crippen LogP contribution in [-0.4, -0.2) is 28.4 Å². The lowest BCUT2D eigenvalue weighted by atomic mass is 9.87. The Balaban J connectivity index is 2.82. The summed E-state index contributed by atoms with van der Waals surface area (Å²) in [4.78, 5) is 22.7. The Kier molecular flexibility index (Phi) is 3.78. The van der Waals surface area contributed by atoms with E-state index in [0.29, 0.717) is 6.42 Å². The van der Waals surface area contributed by atoms with Crippen LogP contribution in [0.2, 0.25) is 0 Å². The molecule has 0 spiro atoms. The first kappa shape index (κ1) is 14.6. The molecule has 102 valence electrons. The Morgan fingerprint density at radius 2 is 1.89 bits per heavy atom. The third kappa shape index (κ3) is 3.51. The maximum absolute atomic E-state index is 12.0. The molecule has 6 nitrogen and oxygen atoms in total. The average molecular weight is 255 g/mol. The molecule has 0 N–H and O–H groups in total. The normalized spacial score (nSPS) is 20.7. The van der Waals surface area contributed by atoms with Crippen molar-refractivity contribution < 1.29 is 9.53 Å². The van der Waals surface area contributed by atoms with Crippen molar-refractivity contribution in [2.45, 2.75) is 59.6 Å². The van der Waals surface area contributed by atoms with Crippen LogP contribution < -0.4 is 0 Å². The van der Waals surface area contributed by atoms with Gasteiger partial charge in [-0.25, -0.2) is 4.79 Å². The number of carbonyl (C=O) groups excluding carboxylic acids is 1. The van der Waals surface area contributed by atoms with E-state index in [4.69, 9.17) is 4.74 Å². The Labute approximate surface area is 107 Å². The highest BCUT2D eigenvalue weighted by atomic mass is 16.6. The van der Waals surface area contributed by atoms with Gasteiger partial charge in [0.2, 0.25) is 0 Å². The highest BCUT2D eigenvalue weighted by Crippen LogP contribution is 2.28. The van der Waals surface area contributed by atoms with Crippen molar-refractivity contribution in [1.29, 1.82) is 0 Å². The fourth-order valence-corrected chi connectivity index (χ4v) is 1.58. The monoisotopic (exact) mass is 255 g/mol. The van der Waals surface area contributed by atoms with Crippen LogP contribution in [0, 0.1) is 10.3 Å². The number of hydrogen-bond donors (Lipinski definition) is 0. The van der Waals surface area contributed by atoms with Gasteiger partial charge >= 0.3 is 5.97 Å². The summed E-state index contributed by atoms with van der Waals surface area (Å²) < 4.78 is 5.26.